The maximum atomic E-state index is 11.5. The van der Waals surface area contributed by atoms with E-state index in [0.717, 1.165) is 0 Å². The van der Waals surface area contributed by atoms with Gasteiger partial charge in [-0.3, -0.25) is 9.59 Å². The first-order chi connectivity index (χ1) is 6.43. The number of rotatable bonds is 1. The van der Waals surface area contributed by atoms with Gasteiger partial charge >= 0.3 is 5.97 Å². The highest BCUT2D eigenvalue weighted by atomic mass is 79.9. The van der Waals surface area contributed by atoms with E-state index in [-0.39, 0.29) is 15.0 Å². The van der Waals surface area contributed by atoms with Crippen LogP contribution in [0, 0.1) is 11.8 Å². The van der Waals surface area contributed by atoms with Crippen molar-refractivity contribution in [3.05, 3.63) is 0 Å². The highest BCUT2D eigenvalue weighted by Gasteiger charge is 2.65. The Morgan fingerprint density at radius 2 is 2.14 bits per heavy atom. The van der Waals surface area contributed by atoms with Gasteiger partial charge in [0, 0.05) is 13.3 Å². The molecule has 2 saturated carbocycles. The summed E-state index contributed by atoms with van der Waals surface area (Å²) in [5.41, 5.74) is 0. The first-order valence-electron chi connectivity index (χ1n) is 4.50. The van der Waals surface area contributed by atoms with Gasteiger partial charge in [0.05, 0.1) is 3.23 Å². The van der Waals surface area contributed by atoms with E-state index < -0.39 is 6.10 Å². The van der Waals surface area contributed by atoms with E-state index in [0.29, 0.717) is 24.7 Å². The van der Waals surface area contributed by atoms with Gasteiger partial charge in [0.1, 0.15) is 0 Å². The Bertz CT molecular complexity index is 300. The smallest absolute Gasteiger partial charge is 0.303 e. The second kappa shape index (κ2) is 3.30. The number of carbonyl (C=O) groups excluding carboxylic acids is 2. The number of ketones is 1. The summed E-state index contributed by atoms with van der Waals surface area (Å²) >= 11 is 7.05. The molecule has 0 aromatic rings. The van der Waals surface area contributed by atoms with Crippen molar-refractivity contribution in [3.63, 3.8) is 0 Å². The van der Waals surface area contributed by atoms with Crippen LogP contribution >= 0.6 is 31.9 Å². The molecule has 3 unspecified atom stereocenters. The summed E-state index contributed by atoms with van der Waals surface area (Å²) in [5, 5.41) is 0. The molecule has 3 nitrogen and oxygen atoms in total. The summed E-state index contributed by atoms with van der Waals surface area (Å²) < 4.78 is 4.87. The molecule has 3 atom stereocenters. The minimum absolute atomic E-state index is 0.0437. The van der Waals surface area contributed by atoms with Crippen molar-refractivity contribution >= 4 is 43.6 Å². The Kier molecular flexibility index (Phi) is 2.50. The minimum Gasteiger partial charge on any atom is -0.455 e. The third-order valence-electron chi connectivity index (χ3n) is 2.92. The lowest BCUT2D eigenvalue weighted by Gasteiger charge is -2.18. The van der Waals surface area contributed by atoms with Crippen LogP contribution in [0.5, 0.6) is 0 Å². The number of esters is 1. The van der Waals surface area contributed by atoms with E-state index in [4.69, 9.17) is 4.74 Å². The van der Waals surface area contributed by atoms with Crippen molar-refractivity contribution in [1.29, 1.82) is 0 Å². The summed E-state index contributed by atoms with van der Waals surface area (Å²) in [7, 11) is 0. The van der Waals surface area contributed by atoms with Crippen LogP contribution < -0.4 is 0 Å². The van der Waals surface area contributed by atoms with Crippen LogP contribution in [-0.4, -0.2) is 21.1 Å². The fourth-order valence-corrected chi connectivity index (χ4v) is 3.79. The Morgan fingerprint density at radius 1 is 1.50 bits per heavy atom. The normalized spacial score (nSPS) is 38.8. The molecule has 78 valence electrons. The Hall–Kier alpha value is 0.1000. The van der Waals surface area contributed by atoms with Crippen LogP contribution in [0.3, 0.4) is 0 Å². The topological polar surface area (TPSA) is 43.4 Å². The number of alkyl halides is 2. The van der Waals surface area contributed by atoms with E-state index in [1.807, 2.05) is 0 Å². The van der Waals surface area contributed by atoms with Crippen molar-refractivity contribution in [1.82, 2.24) is 0 Å². The van der Waals surface area contributed by atoms with Crippen molar-refractivity contribution < 1.29 is 14.3 Å². The summed E-state index contributed by atoms with van der Waals surface area (Å²) in [4.78, 5) is 22.3. The SMILES string of the molecule is CC(=O)OC1CC2C(CC1=O)C2(Br)Br. The first kappa shape index (κ1) is 10.6. The summed E-state index contributed by atoms with van der Waals surface area (Å²) in [6.45, 7) is 1.34. The van der Waals surface area contributed by atoms with Gasteiger partial charge < -0.3 is 4.74 Å². The zero-order chi connectivity index (χ0) is 10.5. The van der Waals surface area contributed by atoms with Crippen molar-refractivity contribution in [2.45, 2.75) is 29.1 Å². The summed E-state index contributed by atoms with van der Waals surface area (Å²) in [6.07, 6.45) is 0.615. The zero-order valence-corrected chi connectivity index (χ0v) is 10.8. The Labute approximate surface area is 98.8 Å². The largest absolute Gasteiger partial charge is 0.455 e. The van der Waals surface area contributed by atoms with Crippen LogP contribution in [0.2, 0.25) is 0 Å². The summed E-state index contributed by atoms with van der Waals surface area (Å²) in [5.74, 6) is 0.436. The molecule has 0 radical (unpaired) electrons. The lowest BCUT2D eigenvalue weighted by molar-refractivity contribution is -0.154. The van der Waals surface area contributed by atoms with Gasteiger partial charge in [0.2, 0.25) is 0 Å². The quantitative estimate of drug-likeness (QED) is 0.547. The molecule has 2 aliphatic rings. The lowest BCUT2D eigenvalue weighted by atomic mass is 9.96. The molecule has 0 saturated heterocycles. The van der Waals surface area contributed by atoms with Crippen LogP contribution in [-0.2, 0) is 14.3 Å². The minimum atomic E-state index is -0.522. The van der Waals surface area contributed by atoms with Crippen LogP contribution in [0.1, 0.15) is 19.8 Å². The molecular formula is C9H10Br2O3. The van der Waals surface area contributed by atoms with Crippen molar-refractivity contribution in [2.75, 3.05) is 0 Å². The molecule has 0 aromatic carbocycles. The molecule has 2 fully saturated rings. The number of ether oxygens (including phenoxy) is 1. The molecule has 0 bridgehead atoms. The van der Waals surface area contributed by atoms with E-state index in [1.54, 1.807) is 0 Å². The van der Waals surface area contributed by atoms with Gasteiger partial charge in [-0.1, -0.05) is 31.9 Å². The fraction of sp³-hybridized carbons (Fsp3) is 0.778. The van der Waals surface area contributed by atoms with Crippen LogP contribution in [0.4, 0.5) is 0 Å². The molecule has 2 rings (SSSR count). The standard InChI is InChI=1S/C9H10Br2O3/c1-4(12)14-8-3-6-5(2-7(8)13)9(6,10)11/h5-6,8H,2-3H2,1H3. The molecular weight excluding hydrogens is 316 g/mol. The average Bonchev–Trinajstić information content (AvgIpc) is 2.54. The van der Waals surface area contributed by atoms with Crippen molar-refractivity contribution in [3.8, 4) is 0 Å². The predicted octanol–water partition coefficient (Wildman–Crippen LogP) is 2.01. The average molecular weight is 326 g/mol. The molecule has 2 aliphatic carbocycles. The highest BCUT2D eigenvalue weighted by molar-refractivity contribution is 9.25. The lowest BCUT2D eigenvalue weighted by Crippen LogP contribution is -2.30. The van der Waals surface area contributed by atoms with E-state index in [2.05, 4.69) is 31.9 Å². The third-order valence-corrected chi connectivity index (χ3v) is 5.27. The van der Waals surface area contributed by atoms with Crippen LogP contribution in [0.15, 0.2) is 0 Å². The number of hydrogen-bond donors (Lipinski definition) is 0. The predicted molar refractivity (Wildman–Crippen MR) is 57.4 cm³/mol. The van der Waals surface area contributed by atoms with E-state index in [9.17, 15) is 9.59 Å². The molecule has 0 aliphatic heterocycles. The number of carbonyl (C=O) groups is 2. The van der Waals surface area contributed by atoms with Gasteiger partial charge in [0.25, 0.3) is 0 Å². The van der Waals surface area contributed by atoms with Crippen molar-refractivity contribution in [2.24, 2.45) is 11.8 Å². The van der Waals surface area contributed by atoms with Gasteiger partial charge in [0.15, 0.2) is 11.9 Å². The molecule has 5 heteroatoms. The maximum absolute atomic E-state index is 11.5. The second-order valence-corrected chi connectivity index (χ2v) is 7.58. The van der Waals surface area contributed by atoms with Gasteiger partial charge in [-0.25, -0.2) is 0 Å². The molecule has 0 N–H and O–H groups in total. The molecule has 0 spiro atoms. The Morgan fingerprint density at radius 3 is 2.71 bits per heavy atom. The van der Waals surface area contributed by atoms with Crippen LogP contribution in [0.25, 0.3) is 0 Å². The number of halogens is 2. The van der Waals surface area contributed by atoms with Gasteiger partial charge in [-0.2, -0.15) is 0 Å². The van der Waals surface area contributed by atoms with Gasteiger partial charge in [-0.05, 0) is 18.3 Å². The number of hydrogen-bond acceptors (Lipinski definition) is 3. The zero-order valence-electron chi connectivity index (χ0n) is 7.63. The highest BCUT2D eigenvalue weighted by Crippen LogP contribution is 2.67. The number of Topliss-reactive ketones (excluding diaryl/α,β-unsaturated/α-hetero) is 1. The Balaban J connectivity index is 2.03. The fourth-order valence-electron chi connectivity index (χ4n) is 2.08. The molecule has 0 heterocycles. The summed E-state index contributed by atoms with van der Waals surface area (Å²) in [6, 6.07) is 0. The number of fused-ring (bicyclic) bond motifs is 1. The maximum Gasteiger partial charge on any atom is 0.303 e. The first-order valence-corrected chi connectivity index (χ1v) is 6.09. The molecule has 0 aromatic heterocycles. The molecule has 14 heavy (non-hydrogen) atoms. The van der Waals surface area contributed by atoms with E-state index in [1.165, 1.54) is 6.92 Å². The molecule has 0 amide bonds. The third kappa shape index (κ3) is 1.65. The monoisotopic (exact) mass is 324 g/mol. The second-order valence-electron chi connectivity index (χ2n) is 3.89. The van der Waals surface area contributed by atoms with Gasteiger partial charge in [-0.15, -0.1) is 0 Å². The van der Waals surface area contributed by atoms with E-state index >= 15 is 0 Å².